The summed E-state index contributed by atoms with van der Waals surface area (Å²) >= 11 is 0. The fourth-order valence-corrected chi connectivity index (χ4v) is 7.80. The molecule has 1 aromatic heterocycles. The van der Waals surface area contributed by atoms with Crippen molar-refractivity contribution >= 4 is 17.7 Å². The van der Waals surface area contributed by atoms with Gasteiger partial charge in [-0.1, -0.05) is 74.5 Å². The Labute approximate surface area is 271 Å². The van der Waals surface area contributed by atoms with E-state index < -0.39 is 5.41 Å². The van der Waals surface area contributed by atoms with E-state index >= 15 is 0 Å². The third-order valence-electron chi connectivity index (χ3n) is 10.9. The van der Waals surface area contributed by atoms with Gasteiger partial charge in [-0.15, -0.1) is 0 Å². The molecule has 3 aromatic rings. The van der Waals surface area contributed by atoms with E-state index in [1.165, 1.54) is 0 Å². The van der Waals surface area contributed by atoms with Crippen molar-refractivity contribution in [1.82, 2.24) is 24.5 Å². The Bertz CT molecular complexity index is 1570. The van der Waals surface area contributed by atoms with Gasteiger partial charge in [-0.3, -0.25) is 19.1 Å². The monoisotopic (exact) mass is 623 g/mol. The summed E-state index contributed by atoms with van der Waals surface area (Å²) in [6, 6.07) is 20.3. The highest BCUT2D eigenvalue weighted by Crippen LogP contribution is 2.55. The van der Waals surface area contributed by atoms with E-state index in [4.69, 9.17) is 4.74 Å². The van der Waals surface area contributed by atoms with Gasteiger partial charge in [0.05, 0.1) is 36.4 Å². The second-order valence-corrected chi connectivity index (χ2v) is 14.7. The van der Waals surface area contributed by atoms with E-state index in [2.05, 4.69) is 38.0 Å². The summed E-state index contributed by atoms with van der Waals surface area (Å²) in [5.41, 5.74) is 2.42. The van der Waals surface area contributed by atoms with Gasteiger partial charge in [0.1, 0.15) is 0 Å². The second-order valence-electron chi connectivity index (χ2n) is 14.7. The summed E-state index contributed by atoms with van der Waals surface area (Å²) in [4.78, 5) is 47.0. The number of piperidine rings is 1. The Balaban J connectivity index is 1.02. The van der Waals surface area contributed by atoms with Gasteiger partial charge in [-0.2, -0.15) is 5.10 Å². The molecule has 3 atom stereocenters. The lowest BCUT2D eigenvalue weighted by atomic mass is 9.70. The quantitative estimate of drug-likeness (QED) is 0.365. The zero-order chi connectivity index (χ0) is 32.1. The average molecular weight is 624 g/mol. The predicted molar refractivity (Wildman–Crippen MR) is 174 cm³/mol. The Morgan fingerprint density at radius 3 is 2.13 bits per heavy atom. The van der Waals surface area contributed by atoms with Crippen molar-refractivity contribution in [2.45, 2.75) is 58.8 Å². The number of hydrogen-bond donors (Lipinski definition) is 0. The molecule has 3 aliphatic heterocycles. The molecule has 4 fully saturated rings. The minimum atomic E-state index is -0.420. The highest BCUT2D eigenvalue weighted by atomic mass is 16.5. The highest BCUT2D eigenvalue weighted by Gasteiger charge is 2.62. The molecule has 0 unspecified atom stereocenters. The number of benzene rings is 2. The fraction of sp³-hybridized carbons (Fsp3) is 0.514. The summed E-state index contributed by atoms with van der Waals surface area (Å²) in [6.45, 7) is 10.1. The van der Waals surface area contributed by atoms with Gasteiger partial charge < -0.3 is 19.4 Å². The van der Waals surface area contributed by atoms with Crippen LogP contribution in [0.4, 0.5) is 0 Å². The first-order valence-corrected chi connectivity index (χ1v) is 16.8. The standard InChI is InChI=1S/C37H45N5O4/c1-26(28-12-8-5-9-13-28)46-30-14-16-39(17-15-30)35(45)32-22-40(23-37(32)24-41(25-37)34(44)31-18-36(31,2)3)33(43)29-19-38-42(21-29)20-27-10-6-4-7-11-27/h4-13,19,21,26,30-32H,14-18,20,22-25H2,1-3H3/t26-,31+,32-/m0/s1. The number of carbonyl (C=O) groups is 3. The van der Waals surface area contributed by atoms with Crippen molar-refractivity contribution in [3.8, 4) is 0 Å². The minimum Gasteiger partial charge on any atom is -0.370 e. The van der Waals surface area contributed by atoms with Gasteiger partial charge in [0.15, 0.2) is 0 Å². The molecule has 4 aliphatic rings. The summed E-state index contributed by atoms with van der Waals surface area (Å²) in [5.74, 6) is -0.0921. The van der Waals surface area contributed by atoms with Crippen LogP contribution < -0.4 is 0 Å². The Kier molecular flexibility index (Phi) is 7.99. The Morgan fingerprint density at radius 2 is 1.48 bits per heavy atom. The van der Waals surface area contributed by atoms with Crippen LogP contribution in [0.25, 0.3) is 0 Å². The average Bonchev–Trinajstić information content (AvgIpc) is 3.36. The van der Waals surface area contributed by atoms with Crippen molar-refractivity contribution < 1.29 is 19.1 Å². The minimum absolute atomic E-state index is 0.00175. The Hall–Kier alpha value is -3.98. The molecule has 3 saturated heterocycles. The highest BCUT2D eigenvalue weighted by molar-refractivity contribution is 5.95. The van der Waals surface area contributed by atoms with Gasteiger partial charge in [-0.05, 0) is 42.7 Å². The van der Waals surface area contributed by atoms with E-state index in [-0.39, 0.29) is 47.2 Å². The number of likely N-dealkylation sites (tertiary alicyclic amines) is 3. The zero-order valence-electron chi connectivity index (χ0n) is 27.2. The molecule has 0 bridgehead atoms. The third-order valence-corrected chi connectivity index (χ3v) is 10.9. The largest absolute Gasteiger partial charge is 0.370 e. The van der Waals surface area contributed by atoms with E-state index in [1.807, 2.05) is 63.2 Å². The van der Waals surface area contributed by atoms with Crippen LogP contribution in [0.2, 0.25) is 0 Å². The zero-order valence-corrected chi connectivity index (χ0v) is 27.2. The van der Waals surface area contributed by atoms with Gasteiger partial charge in [0.25, 0.3) is 5.91 Å². The number of nitrogens with zero attached hydrogens (tertiary/aromatic N) is 5. The van der Waals surface area contributed by atoms with Gasteiger partial charge in [0, 0.05) is 56.8 Å². The maximum absolute atomic E-state index is 14.2. The van der Waals surface area contributed by atoms with Gasteiger partial charge in [-0.25, -0.2) is 0 Å². The molecular formula is C37H45N5O4. The lowest BCUT2D eigenvalue weighted by Crippen LogP contribution is -2.65. The number of hydrogen-bond acceptors (Lipinski definition) is 5. The molecule has 0 radical (unpaired) electrons. The van der Waals surface area contributed by atoms with Crippen molar-refractivity contribution in [2.75, 3.05) is 39.3 Å². The molecule has 4 heterocycles. The number of ether oxygens (including phenoxy) is 1. The van der Waals surface area contributed by atoms with Crippen molar-refractivity contribution in [1.29, 1.82) is 0 Å². The molecular weight excluding hydrogens is 578 g/mol. The van der Waals surface area contributed by atoms with Gasteiger partial charge >= 0.3 is 0 Å². The first-order valence-electron chi connectivity index (χ1n) is 16.8. The van der Waals surface area contributed by atoms with Crippen LogP contribution in [0, 0.1) is 22.7 Å². The molecule has 1 saturated carbocycles. The van der Waals surface area contributed by atoms with Gasteiger partial charge in [0.2, 0.25) is 11.8 Å². The van der Waals surface area contributed by atoms with Crippen LogP contribution >= 0.6 is 0 Å². The third kappa shape index (κ3) is 5.97. The summed E-state index contributed by atoms with van der Waals surface area (Å²) in [5, 5.41) is 4.45. The lowest BCUT2D eigenvalue weighted by molar-refractivity contribution is -0.156. The number of aromatic nitrogens is 2. The fourth-order valence-electron chi connectivity index (χ4n) is 7.80. The molecule has 1 spiro atoms. The van der Waals surface area contributed by atoms with Crippen LogP contribution in [0.3, 0.4) is 0 Å². The van der Waals surface area contributed by atoms with Crippen LogP contribution in [-0.4, -0.2) is 87.6 Å². The van der Waals surface area contributed by atoms with E-state index in [9.17, 15) is 14.4 Å². The first-order chi connectivity index (χ1) is 22.1. The topological polar surface area (TPSA) is 88.0 Å². The number of rotatable bonds is 8. The first kappa shape index (κ1) is 30.7. The van der Waals surface area contributed by atoms with Crippen molar-refractivity contribution in [3.05, 3.63) is 89.7 Å². The number of amides is 3. The van der Waals surface area contributed by atoms with E-state index in [0.717, 1.165) is 30.4 Å². The molecule has 242 valence electrons. The molecule has 9 heteroatoms. The molecule has 3 amide bonds. The van der Waals surface area contributed by atoms with Crippen LogP contribution in [0.1, 0.15) is 67.6 Å². The maximum atomic E-state index is 14.2. The second kappa shape index (κ2) is 12.0. The molecule has 9 nitrogen and oxygen atoms in total. The SMILES string of the molecule is C[C@H](OC1CCN(C(=O)[C@@H]2CN(C(=O)c3cnn(Cc4ccccc4)c3)CC23CN(C(=O)[C@H]2CC2(C)C)C3)CC1)c1ccccc1. The smallest absolute Gasteiger partial charge is 0.257 e. The molecule has 0 N–H and O–H groups in total. The van der Waals surface area contributed by atoms with Crippen LogP contribution in [-0.2, 0) is 20.9 Å². The van der Waals surface area contributed by atoms with Crippen molar-refractivity contribution in [2.24, 2.45) is 22.7 Å². The summed E-state index contributed by atoms with van der Waals surface area (Å²) < 4.78 is 8.16. The Morgan fingerprint density at radius 1 is 0.870 bits per heavy atom. The molecule has 7 rings (SSSR count). The molecule has 1 aliphatic carbocycles. The molecule has 2 aromatic carbocycles. The molecule has 46 heavy (non-hydrogen) atoms. The summed E-state index contributed by atoms with van der Waals surface area (Å²) in [7, 11) is 0. The van der Waals surface area contributed by atoms with Crippen LogP contribution in [0.15, 0.2) is 73.1 Å². The van der Waals surface area contributed by atoms with E-state index in [0.29, 0.717) is 51.4 Å². The maximum Gasteiger partial charge on any atom is 0.257 e. The predicted octanol–water partition coefficient (Wildman–Crippen LogP) is 4.65. The van der Waals surface area contributed by atoms with Crippen molar-refractivity contribution in [3.63, 3.8) is 0 Å². The van der Waals surface area contributed by atoms with Crippen LogP contribution in [0.5, 0.6) is 0 Å². The van der Waals surface area contributed by atoms with E-state index in [1.54, 1.807) is 17.1 Å². The normalized spacial score (nSPS) is 24.1. The summed E-state index contributed by atoms with van der Waals surface area (Å²) in [6.07, 6.45) is 6.00. The number of carbonyl (C=O) groups excluding carboxylic acids is 3. The lowest BCUT2D eigenvalue weighted by Gasteiger charge is -2.51.